The Morgan fingerprint density at radius 2 is 2.00 bits per heavy atom. The predicted octanol–water partition coefficient (Wildman–Crippen LogP) is 2.69. The van der Waals surface area contributed by atoms with E-state index in [2.05, 4.69) is 24.2 Å². The van der Waals surface area contributed by atoms with Crippen LogP contribution in [0.25, 0.3) is 0 Å². The first kappa shape index (κ1) is 14.6. The summed E-state index contributed by atoms with van der Waals surface area (Å²) >= 11 is 11.8. The monoisotopic (exact) mass is 266 g/mol. The highest BCUT2D eigenvalue weighted by Gasteiger charge is 2.23. The Bertz CT molecular complexity index is 195. The van der Waals surface area contributed by atoms with Crippen LogP contribution in [-0.2, 0) is 0 Å². The fourth-order valence-electron chi connectivity index (χ4n) is 2.18. The van der Waals surface area contributed by atoms with E-state index in [1.807, 2.05) is 0 Å². The summed E-state index contributed by atoms with van der Waals surface area (Å²) < 4.78 is 0. The first-order chi connectivity index (χ1) is 7.61. The molecule has 0 bridgehead atoms. The van der Waals surface area contributed by atoms with Gasteiger partial charge in [-0.05, 0) is 46.3 Å². The molecule has 1 atom stereocenters. The summed E-state index contributed by atoms with van der Waals surface area (Å²) in [5.74, 6) is 1.13. The summed E-state index contributed by atoms with van der Waals surface area (Å²) in [6, 6.07) is 0.733. The van der Waals surface area contributed by atoms with Crippen molar-refractivity contribution >= 4 is 23.2 Å². The van der Waals surface area contributed by atoms with Gasteiger partial charge in [-0.3, -0.25) is 0 Å². The van der Waals surface area contributed by atoms with Gasteiger partial charge >= 0.3 is 0 Å². The van der Waals surface area contributed by atoms with Crippen molar-refractivity contribution < 1.29 is 0 Å². The number of rotatable bonds is 6. The van der Waals surface area contributed by atoms with Crippen LogP contribution in [-0.4, -0.2) is 48.4 Å². The molecule has 1 heterocycles. The van der Waals surface area contributed by atoms with Gasteiger partial charge in [0.15, 0.2) is 0 Å². The number of halogens is 2. The fraction of sp³-hybridized carbons (Fsp3) is 1.00. The molecule has 0 aromatic heterocycles. The minimum atomic E-state index is -0.115. The Hall–Kier alpha value is 0.500. The minimum absolute atomic E-state index is 0.115. The highest BCUT2D eigenvalue weighted by molar-refractivity contribution is 6.22. The van der Waals surface area contributed by atoms with E-state index in [4.69, 9.17) is 23.2 Å². The van der Waals surface area contributed by atoms with Gasteiger partial charge in [-0.15, -0.1) is 23.2 Å². The van der Waals surface area contributed by atoms with Crippen molar-refractivity contribution in [2.45, 2.75) is 44.2 Å². The van der Waals surface area contributed by atoms with E-state index in [0.717, 1.165) is 12.6 Å². The third kappa shape index (κ3) is 4.40. The van der Waals surface area contributed by atoms with E-state index in [-0.39, 0.29) is 5.54 Å². The lowest BCUT2D eigenvalue weighted by Crippen LogP contribution is -2.48. The summed E-state index contributed by atoms with van der Waals surface area (Å²) in [5.41, 5.74) is -0.115. The van der Waals surface area contributed by atoms with Gasteiger partial charge in [0.2, 0.25) is 0 Å². The molecular weight excluding hydrogens is 243 g/mol. The van der Waals surface area contributed by atoms with Gasteiger partial charge in [0, 0.05) is 23.3 Å². The van der Waals surface area contributed by atoms with Crippen molar-refractivity contribution in [1.82, 2.24) is 10.2 Å². The molecule has 1 unspecified atom stereocenters. The molecule has 4 heteroatoms. The minimum Gasteiger partial charge on any atom is -0.309 e. The lowest BCUT2D eigenvalue weighted by molar-refractivity contribution is 0.173. The molecule has 0 saturated carbocycles. The number of nitrogens with zero attached hydrogens (tertiary/aromatic N) is 1. The fourth-order valence-corrected chi connectivity index (χ4v) is 2.65. The number of piperidine rings is 1. The van der Waals surface area contributed by atoms with Crippen molar-refractivity contribution in [3.8, 4) is 0 Å². The maximum absolute atomic E-state index is 5.90. The Kier molecular flexibility index (Phi) is 6.42. The Morgan fingerprint density at radius 3 is 2.56 bits per heavy atom. The van der Waals surface area contributed by atoms with Gasteiger partial charge in [0.25, 0.3) is 0 Å². The van der Waals surface area contributed by atoms with Crippen LogP contribution in [0.4, 0.5) is 0 Å². The second-order valence-electron chi connectivity index (χ2n) is 5.17. The van der Waals surface area contributed by atoms with E-state index >= 15 is 0 Å². The van der Waals surface area contributed by atoms with Crippen molar-refractivity contribution in [3.05, 3.63) is 0 Å². The number of likely N-dealkylation sites (tertiary alicyclic amines) is 1. The Labute approximate surface area is 110 Å². The summed E-state index contributed by atoms with van der Waals surface area (Å²) in [6.45, 7) is 4.33. The average Bonchev–Trinajstić information content (AvgIpc) is 2.31. The molecular formula is C12H24Cl2N2. The quantitative estimate of drug-likeness (QED) is 0.744. The molecule has 0 amide bonds. The highest BCUT2D eigenvalue weighted by Crippen LogP contribution is 2.18. The molecule has 1 aliphatic rings. The van der Waals surface area contributed by atoms with E-state index in [9.17, 15) is 0 Å². The lowest BCUT2D eigenvalue weighted by Gasteiger charge is -2.34. The van der Waals surface area contributed by atoms with Crippen molar-refractivity contribution in [2.75, 3.05) is 31.9 Å². The Balaban J connectivity index is 2.23. The smallest absolute Gasteiger partial charge is 0.0425 e. The first-order valence-electron chi connectivity index (χ1n) is 6.18. The van der Waals surface area contributed by atoms with E-state index in [1.165, 1.54) is 32.2 Å². The molecule has 0 spiro atoms. The molecule has 0 aromatic carbocycles. The van der Waals surface area contributed by atoms with Crippen LogP contribution in [0.3, 0.4) is 0 Å². The van der Waals surface area contributed by atoms with Crippen LogP contribution in [0.2, 0.25) is 0 Å². The zero-order chi connectivity index (χ0) is 12.0. The molecule has 1 aliphatic heterocycles. The number of nitrogens with one attached hydrogen (secondary N) is 1. The second-order valence-corrected chi connectivity index (χ2v) is 5.71. The van der Waals surface area contributed by atoms with E-state index < -0.39 is 0 Å². The van der Waals surface area contributed by atoms with Gasteiger partial charge in [0.05, 0.1) is 0 Å². The SMILES string of the molecule is CN1CCCCC1CCNC(C)(CCl)CCl. The maximum Gasteiger partial charge on any atom is 0.0425 e. The number of hydrogen-bond acceptors (Lipinski definition) is 2. The van der Waals surface area contributed by atoms with Crippen molar-refractivity contribution in [3.63, 3.8) is 0 Å². The summed E-state index contributed by atoms with van der Waals surface area (Å²) in [5, 5.41) is 3.47. The number of hydrogen-bond donors (Lipinski definition) is 1. The summed E-state index contributed by atoms with van der Waals surface area (Å²) in [4.78, 5) is 2.48. The van der Waals surface area contributed by atoms with Gasteiger partial charge in [0.1, 0.15) is 0 Å². The van der Waals surface area contributed by atoms with Crippen LogP contribution in [0.5, 0.6) is 0 Å². The number of alkyl halides is 2. The zero-order valence-corrected chi connectivity index (χ0v) is 11.9. The van der Waals surface area contributed by atoms with Crippen LogP contribution in [0, 0.1) is 0 Å². The molecule has 0 radical (unpaired) electrons. The van der Waals surface area contributed by atoms with Gasteiger partial charge in [-0.1, -0.05) is 6.42 Å². The standard InChI is InChI=1S/C12H24Cl2N2/c1-12(9-13,10-14)15-7-6-11-5-3-4-8-16(11)2/h11,15H,3-10H2,1-2H3. The zero-order valence-electron chi connectivity index (χ0n) is 10.4. The van der Waals surface area contributed by atoms with Gasteiger partial charge < -0.3 is 10.2 Å². The molecule has 1 fully saturated rings. The van der Waals surface area contributed by atoms with Crippen LogP contribution < -0.4 is 5.32 Å². The largest absolute Gasteiger partial charge is 0.309 e. The average molecular weight is 267 g/mol. The molecule has 1 saturated heterocycles. The molecule has 0 aromatic rings. The topological polar surface area (TPSA) is 15.3 Å². The summed E-state index contributed by atoms with van der Waals surface area (Å²) in [7, 11) is 2.23. The predicted molar refractivity (Wildman–Crippen MR) is 72.7 cm³/mol. The van der Waals surface area contributed by atoms with Crippen LogP contribution in [0.1, 0.15) is 32.6 Å². The van der Waals surface area contributed by atoms with E-state index in [1.54, 1.807) is 0 Å². The van der Waals surface area contributed by atoms with E-state index in [0.29, 0.717) is 11.8 Å². The molecule has 1 N–H and O–H groups in total. The third-order valence-corrected chi connectivity index (χ3v) is 4.72. The van der Waals surface area contributed by atoms with Gasteiger partial charge in [-0.25, -0.2) is 0 Å². The molecule has 0 aliphatic carbocycles. The molecule has 2 nitrogen and oxygen atoms in total. The molecule has 96 valence electrons. The maximum atomic E-state index is 5.90. The normalized spacial score (nSPS) is 23.6. The Morgan fingerprint density at radius 1 is 1.31 bits per heavy atom. The highest BCUT2D eigenvalue weighted by atomic mass is 35.5. The van der Waals surface area contributed by atoms with Crippen LogP contribution in [0.15, 0.2) is 0 Å². The summed E-state index contributed by atoms with van der Waals surface area (Å²) in [6.07, 6.45) is 5.25. The third-order valence-electron chi connectivity index (χ3n) is 3.54. The molecule has 1 rings (SSSR count). The van der Waals surface area contributed by atoms with Crippen LogP contribution >= 0.6 is 23.2 Å². The second kappa shape index (κ2) is 7.05. The first-order valence-corrected chi connectivity index (χ1v) is 7.25. The molecule has 16 heavy (non-hydrogen) atoms. The van der Waals surface area contributed by atoms with Crippen molar-refractivity contribution in [1.29, 1.82) is 0 Å². The van der Waals surface area contributed by atoms with Crippen molar-refractivity contribution in [2.24, 2.45) is 0 Å². The lowest BCUT2D eigenvalue weighted by atomic mass is 9.99. The van der Waals surface area contributed by atoms with Gasteiger partial charge in [-0.2, -0.15) is 0 Å².